The normalized spacial score (nSPS) is 10.5. The highest BCUT2D eigenvalue weighted by Crippen LogP contribution is 2.16. The number of hydrogen-bond donors (Lipinski definition) is 0. The summed E-state index contributed by atoms with van der Waals surface area (Å²) in [7, 11) is 3.74. The first kappa shape index (κ1) is 17.7. The van der Waals surface area contributed by atoms with Crippen LogP contribution in [0.2, 0.25) is 0 Å². The lowest BCUT2D eigenvalue weighted by Gasteiger charge is -2.26. The van der Waals surface area contributed by atoms with Crippen LogP contribution in [0, 0.1) is 0 Å². The Balaban J connectivity index is 0.00000324. The van der Waals surface area contributed by atoms with E-state index in [0.29, 0.717) is 12.1 Å². The molecule has 1 aromatic carbocycles. The van der Waals surface area contributed by atoms with Gasteiger partial charge in [0.05, 0.1) is 0 Å². The first-order valence-corrected chi connectivity index (χ1v) is 6.15. The van der Waals surface area contributed by atoms with Crippen LogP contribution in [0.3, 0.4) is 0 Å². The molecule has 0 amide bonds. The van der Waals surface area contributed by atoms with E-state index in [9.17, 15) is 4.79 Å². The van der Waals surface area contributed by atoms with Gasteiger partial charge >= 0.3 is 5.97 Å². The summed E-state index contributed by atoms with van der Waals surface area (Å²) in [4.78, 5) is 17.0. The number of quaternary nitrogens is 1. The molecule has 0 aliphatic rings. The predicted molar refractivity (Wildman–Crippen MR) is 72.5 cm³/mol. The fourth-order valence-corrected chi connectivity index (χ4v) is 1.80. The molecule has 0 aliphatic carbocycles. The quantitative estimate of drug-likeness (QED) is 0.427. The standard InChI is InChI=1S/C15H22NO2.ClH/c1-6-13-9-7-8-10-14(13)11-16(4,5)18-15(17)12(2)3;/h7-10H,2,6,11H2,1,3-5H3;1H/q+1;/p-1. The Hall–Kier alpha value is -1.32. The molecule has 0 aliphatic heterocycles. The highest BCUT2D eigenvalue weighted by atomic mass is 35.5. The van der Waals surface area contributed by atoms with Crippen molar-refractivity contribution >= 4 is 5.97 Å². The van der Waals surface area contributed by atoms with Crippen LogP contribution >= 0.6 is 0 Å². The molecule has 4 heteroatoms. The molecular weight excluding hydrogens is 262 g/mol. The molecule has 3 nitrogen and oxygen atoms in total. The number of carbonyl (C=O) groups excluding carboxylic acids is 1. The van der Waals surface area contributed by atoms with Crippen LogP contribution < -0.4 is 12.4 Å². The summed E-state index contributed by atoms with van der Waals surface area (Å²) in [5.74, 6) is -0.353. The van der Waals surface area contributed by atoms with Gasteiger partial charge in [0.15, 0.2) is 0 Å². The molecule has 0 spiro atoms. The first-order chi connectivity index (χ1) is 8.35. The van der Waals surface area contributed by atoms with Gasteiger partial charge in [0, 0.05) is 11.1 Å². The Morgan fingerprint density at radius 3 is 2.26 bits per heavy atom. The number of rotatable bonds is 5. The van der Waals surface area contributed by atoms with Gasteiger partial charge in [-0.15, -0.1) is 4.65 Å². The van der Waals surface area contributed by atoms with E-state index in [1.165, 1.54) is 11.1 Å². The van der Waals surface area contributed by atoms with Crippen molar-refractivity contribution in [3.8, 4) is 0 Å². The molecule has 0 aromatic heterocycles. The third-order valence-electron chi connectivity index (χ3n) is 2.73. The topological polar surface area (TPSA) is 26.3 Å². The molecule has 0 saturated heterocycles. The van der Waals surface area contributed by atoms with E-state index in [-0.39, 0.29) is 23.0 Å². The van der Waals surface area contributed by atoms with E-state index in [1.807, 2.05) is 26.2 Å². The SMILES string of the molecule is C=C(C)C(=O)O[N+](C)(C)Cc1ccccc1CC.[Cl-]. The number of benzene rings is 1. The molecule has 0 radical (unpaired) electrons. The molecular formula is C15H22ClNO2. The molecule has 0 N–H and O–H groups in total. The molecule has 0 heterocycles. The third-order valence-corrected chi connectivity index (χ3v) is 2.73. The molecule has 0 fully saturated rings. The molecule has 19 heavy (non-hydrogen) atoms. The second-order valence-electron chi connectivity index (χ2n) is 5.01. The number of halogens is 1. The maximum Gasteiger partial charge on any atom is 0.392 e. The molecule has 106 valence electrons. The van der Waals surface area contributed by atoms with Crippen LogP contribution in [-0.4, -0.2) is 24.7 Å². The van der Waals surface area contributed by atoms with Crippen LogP contribution in [-0.2, 0) is 22.6 Å². The number of hydrogen-bond acceptors (Lipinski definition) is 2. The lowest BCUT2D eigenvalue weighted by Crippen LogP contribution is -3.00. The third kappa shape index (κ3) is 5.45. The molecule has 0 bridgehead atoms. The van der Waals surface area contributed by atoms with Gasteiger partial charge in [-0.05, 0) is 18.9 Å². The molecule has 0 saturated carbocycles. The maximum atomic E-state index is 11.6. The van der Waals surface area contributed by atoms with Crippen molar-refractivity contribution in [3.63, 3.8) is 0 Å². The Kier molecular flexibility index (Phi) is 6.81. The number of aryl methyl sites for hydroxylation is 1. The fourth-order valence-electron chi connectivity index (χ4n) is 1.80. The minimum atomic E-state index is -0.353. The van der Waals surface area contributed by atoms with E-state index < -0.39 is 0 Å². The summed E-state index contributed by atoms with van der Waals surface area (Å²) in [5.41, 5.74) is 2.92. The van der Waals surface area contributed by atoms with Gasteiger partial charge < -0.3 is 12.4 Å². The number of nitrogens with zero attached hydrogens (tertiary/aromatic N) is 1. The van der Waals surface area contributed by atoms with Gasteiger partial charge in [-0.2, -0.15) is 0 Å². The van der Waals surface area contributed by atoms with E-state index >= 15 is 0 Å². The Morgan fingerprint density at radius 1 is 1.26 bits per heavy atom. The van der Waals surface area contributed by atoms with Crippen LogP contribution in [0.1, 0.15) is 25.0 Å². The van der Waals surface area contributed by atoms with Crippen molar-refractivity contribution in [1.29, 1.82) is 0 Å². The van der Waals surface area contributed by atoms with E-state index in [1.54, 1.807) is 6.92 Å². The highest BCUT2D eigenvalue weighted by Gasteiger charge is 2.24. The molecule has 0 atom stereocenters. The Labute approximate surface area is 121 Å². The lowest BCUT2D eigenvalue weighted by atomic mass is 10.1. The fraction of sp³-hybridized carbons (Fsp3) is 0.400. The van der Waals surface area contributed by atoms with E-state index in [4.69, 9.17) is 4.84 Å². The number of carbonyl (C=O) groups is 1. The first-order valence-electron chi connectivity index (χ1n) is 6.15. The van der Waals surface area contributed by atoms with Gasteiger partial charge in [0.1, 0.15) is 20.6 Å². The highest BCUT2D eigenvalue weighted by molar-refractivity contribution is 5.86. The lowest BCUT2D eigenvalue weighted by molar-refractivity contribution is -1.07. The Morgan fingerprint density at radius 2 is 1.79 bits per heavy atom. The van der Waals surface area contributed by atoms with E-state index in [0.717, 1.165) is 6.42 Å². The zero-order chi connectivity index (χ0) is 13.8. The average molecular weight is 284 g/mol. The van der Waals surface area contributed by atoms with Gasteiger partial charge in [0.25, 0.3) is 0 Å². The van der Waals surface area contributed by atoms with Crippen LogP contribution in [0.4, 0.5) is 0 Å². The second kappa shape index (κ2) is 7.31. The van der Waals surface area contributed by atoms with Crippen molar-refractivity contribution in [2.75, 3.05) is 14.1 Å². The van der Waals surface area contributed by atoms with Crippen molar-refractivity contribution < 1.29 is 26.7 Å². The molecule has 1 rings (SSSR count). The predicted octanol–water partition coefficient (Wildman–Crippen LogP) is -0.136. The van der Waals surface area contributed by atoms with Gasteiger partial charge in [-0.1, -0.05) is 37.8 Å². The van der Waals surface area contributed by atoms with Gasteiger partial charge in [-0.3, -0.25) is 4.84 Å². The zero-order valence-electron chi connectivity index (χ0n) is 12.1. The van der Waals surface area contributed by atoms with Crippen LogP contribution in [0.15, 0.2) is 36.4 Å². The van der Waals surface area contributed by atoms with Crippen LogP contribution in [0.5, 0.6) is 0 Å². The van der Waals surface area contributed by atoms with Crippen molar-refractivity contribution in [1.82, 2.24) is 0 Å². The molecule has 1 aromatic rings. The van der Waals surface area contributed by atoms with Crippen molar-refractivity contribution in [3.05, 3.63) is 47.5 Å². The summed E-state index contributed by atoms with van der Waals surface area (Å²) in [6.07, 6.45) is 0.977. The largest absolute Gasteiger partial charge is 1.00 e. The van der Waals surface area contributed by atoms with Crippen molar-refractivity contribution in [2.24, 2.45) is 0 Å². The minimum absolute atomic E-state index is 0. The van der Waals surface area contributed by atoms with Gasteiger partial charge in [0.2, 0.25) is 0 Å². The smallest absolute Gasteiger partial charge is 0.392 e. The summed E-state index contributed by atoms with van der Waals surface area (Å²) in [6, 6.07) is 8.22. The monoisotopic (exact) mass is 283 g/mol. The summed E-state index contributed by atoms with van der Waals surface area (Å²) in [6.45, 7) is 8.03. The summed E-state index contributed by atoms with van der Waals surface area (Å²) >= 11 is 0. The maximum absolute atomic E-state index is 11.6. The summed E-state index contributed by atoms with van der Waals surface area (Å²) < 4.78 is 0.169. The average Bonchev–Trinajstić information content (AvgIpc) is 2.28. The Bertz CT molecular complexity index is 455. The van der Waals surface area contributed by atoms with Crippen molar-refractivity contribution in [2.45, 2.75) is 26.8 Å². The molecule has 0 unspecified atom stereocenters. The minimum Gasteiger partial charge on any atom is -1.00 e. The summed E-state index contributed by atoms with van der Waals surface area (Å²) in [5, 5.41) is 0. The zero-order valence-corrected chi connectivity index (χ0v) is 12.8. The second-order valence-corrected chi connectivity index (χ2v) is 5.01. The van der Waals surface area contributed by atoms with E-state index in [2.05, 4.69) is 25.6 Å². The number of hydroxylamine groups is 3. The van der Waals surface area contributed by atoms with Gasteiger partial charge in [-0.25, -0.2) is 4.79 Å². The van der Waals surface area contributed by atoms with Crippen LogP contribution in [0.25, 0.3) is 0 Å².